The average molecular weight is 242 g/mol. The minimum absolute atomic E-state index is 0.00454. The van der Waals surface area contributed by atoms with E-state index in [2.05, 4.69) is 4.98 Å². The minimum atomic E-state index is -0.00454. The van der Waals surface area contributed by atoms with E-state index in [1.54, 1.807) is 11.1 Å². The molecule has 0 spiro atoms. The molecule has 1 aromatic heterocycles. The van der Waals surface area contributed by atoms with Crippen LogP contribution in [0, 0.1) is 0 Å². The third kappa shape index (κ3) is 1.95. The Hall–Kier alpha value is -1.94. The zero-order valence-electron chi connectivity index (χ0n) is 10.0. The molecule has 1 aromatic carbocycles. The van der Waals surface area contributed by atoms with Gasteiger partial charge in [0.15, 0.2) is 0 Å². The van der Waals surface area contributed by atoms with Gasteiger partial charge in [-0.05, 0) is 11.5 Å². The number of carbonyl (C=O) groups is 1. The van der Waals surface area contributed by atoms with E-state index in [0.717, 1.165) is 10.8 Å². The van der Waals surface area contributed by atoms with E-state index in [9.17, 15) is 4.79 Å². The highest BCUT2D eigenvalue weighted by Crippen LogP contribution is 2.18. The lowest BCUT2D eigenvalue weighted by Gasteiger charge is -2.26. The van der Waals surface area contributed by atoms with Crippen molar-refractivity contribution in [3.8, 4) is 0 Å². The van der Waals surface area contributed by atoms with Gasteiger partial charge < -0.3 is 9.64 Å². The van der Waals surface area contributed by atoms with Crippen molar-refractivity contribution in [3.05, 3.63) is 42.2 Å². The number of rotatable bonds is 1. The second-order valence-electron chi connectivity index (χ2n) is 4.29. The highest BCUT2D eigenvalue weighted by atomic mass is 16.5. The second-order valence-corrected chi connectivity index (χ2v) is 4.29. The lowest BCUT2D eigenvalue weighted by molar-refractivity contribution is 0.0300. The Labute approximate surface area is 105 Å². The Morgan fingerprint density at radius 2 is 1.94 bits per heavy atom. The zero-order valence-corrected chi connectivity index (χ0v) is 10.0. The van der Waals surface area contributed by atoms with Crippen molar-refractivity contribution < 1.29 is 9.53 Å². The maximum Gasteiger partial charge on any atom is 0.273 e. The normalized spacial score (nSPS) is 15.9. The molecule has 4 nitrogen and oxygen atoms in total. The number of carbonyl (C=O) groups excluding carboxylic acids is 1. The molecule has 1 amide bonds. The van der Waals surface area contributed by atoms with Crippen LogP contribution < -0.4 is 0 Å². The monoisotopic (exact) mass is 242 g/mol. The standard InChI is InChI=1S/C14H14N2O2/c17-14(16-7-9-18-10-8-16)13-12-4-2-1-3-11(12)5-6-15-13/h1-6H,7-10H2. The van der Waals surface area contributed by atoms with Gasteiger partial charge in [0.05, 0.1) is 13.2 Å². The van der Waals surface area contributed by atoms with E-state index in [4.69, 9.17) is 4.74 Å². The van der Waals surface area contributed by atoms with Gasteiger partial charge in [-0.3, -0.25) is 9.78 Å². The van der Waals surface area contributed by atoms with Gasteiger partial charge in [-0.2, -0.15) is 0 Å². The SMILES string of the molecule is O=C(c1nccc2ccccc12)N1CCOCC1. The van der Waals surface area contributed by atoms with Gasteiger partial charge in [0, 0.05) is 24.7 Å². The summed E-state index contributed by atoms with van der Waals surface area (Å²) in [7, 11) is 0. The molecule has 0 radical (unpaired) electrons. The lowest BCUT2D eigenvalue weighted by atomic mass is 10.1. The molecule has 4 heteroatoms. The first-order chi connectivity index (χ1) is 8.86. The number of amides is 1. The van der Waals surface area contributed by atoms with Crippen LogP contribution in [0.1, 0.15) is 10.5 Å². The third-order valence-electron chi connectivity index (χ3n) is 3.17. The van der Waals surface area contributed by atoms with Gasteiger partial charge in [-0.15, -0.1) is 0 Å². The second kappa shape index (κ2) is 4.74. The van der Waals surface area contributed by atoms with Crippen LogP contribution in [-0.2, 0) is 4.74 Å². The van der Waals surface area contributed by atoms with Gasteiger partial charge in [0.1, 0.15) is 5.69 Å². The molecule has 0 atom stereocenters. The topological polar surface area (TPSA) is 42.4 Å². The number of fused-ring (bicyclic) bond motifs is 1. The van der Waals surface area contributed by atoms with E-state index in [1.807, 2.05) is 30.3 Å². The van der Waals surface area contributed by atoms with Crippen LogP contribution in [0.3, 0.4) is 0 Å². The number of benzene rings is 1. The van der Waals surface area contributed by atoms with E-state index < -0.39 is 0 Å². The average Bonchev–Trinajstić information content (AvgIpc) is 2.47. The molecule has 0 unspecified atom stereocenters. The molecule has 1 saturated heterocycles. The number of aromatic nitrogens is 1. The number of nitrogens with zero attached hydrogens (tertiary/aromatic N) is 2. The van der Waals surface area contributed by atoms with Gasteiger partial charge >= 0.3 is 0 Å². The van der Waals surface area contributed by atoms with Gasteiger partial charge in [0.25, 0.3) is 5.91 Å². The predicted molar refractivity (Wildman–Crippen MR) is 68.5 cm³/mol. The summed E-state index contributed by atoms with van der Waals surface area (Å²) in [6.45, 7) is 2.50. The van der Waals surface area contributed by atoms with Gasteiger partial charge in [-0.1, -0.05) is 24.3 Å². The van der Waals surface area contributed by atoms with E-state index in [-0.39, 0.29) is 5.91 Å². The van der Waals surface area contributed by atoms with Crippen LogP contribution in [0.4, 0.5) is 0 Å². The van der Waals surface area contributed by atoms with Crippen LogP contribution in [-0.4, -0.2) is 42.1 Å². The predicted octanol–water partition coefficient (Wildman–Crippen LogP) is 1.71. The summed E-state index contributed by atoms with van der Waals surface area (Å²) in [5.74, 6) is -0.00454. The zero-order chi connectivity index (χ0) is 12.4. The molecule has 92 valence electrons. The lowest BCUT2D eigenvalue weighted by Crippen LogP contribution is -2.41. The quantitative estimate of drug-likeness (QED) is 0.764. The van der Waals surface area contributed by atoms with Gasteiger partial charge in [0.2, 0.25) is 0 Å². The Morgan fingerprint density at radius 3 is 2.78 bits per heavy atom. The third-order valence-corrected chi connectivity index (χ3v) is 3.17. The molecule has 1 aliphatic rings. The van der Waals surface area contributed by atoms with Crippen LogP contribution in [0.5, 0.6) is 0 Å². The smallest absolute Gasteiger partial charge is 0.273 e. The van der Waals surface area contributed by atoms with Crippen molar-refractivity contribution in [2.45, 2.75) is 0 Å². The summed E-state index contributed by atoms with van der Waals surface area (Å²) in [6.07, 6.45) is 1.69. The fraction of sp³-hybridized carbons (Fsp3) is 0.286. The first kappa shape index (κ1) is 11.2. The number of hydrogen-bond acceptors (Lipinski definition) is 3. The number of pyridine rings is 1. The van der Waals surface area contributed by atoms with Crippen LogP contribution in [0.15, 0.2) is 36.5 Å². The van der Waals surface area contributed by atoms with Crippen molar-refractivity contribution in [1.82, 2.24) is 9.88 Å². The fourth-order valence-electron chi connectivity index (χ4n) is 2.21. The number of hydrogen-bond donors (Lipinski definition) is 0. The minimum Gasteiger partial charge on any atom is -0.378 e. The fourth-order valence-corrected chi connectivity index (χ4v) is 2.21. The molecule has 0 saturated carbocycles. The van der Waals surface area contributed by atoms with Crippen molar-refractivity contribution >= 4 is 16.7 Å². The summed E-state index contributed by atoms with van der Waals surface area (Å²) in [5, 5.41) is 1.96. The molecule has 1 aliphatic heterocycles. The molecular formula is C14H14N2O2. The summed E-state index contributed by atoms with van der Waals surface area (Å²) in [5.41, 5.74) is 0.537. The highest BCUT2D eigenvalue weighted by molar-refractivity contribution is 6.05. The van der Waals surface area contributed by atoms with Crippen molar-refractivity contribution in [3.63, 3.8) is 0 Å². The first-order valence-corrected chi connectivity index (χ1v) is 6.07. The van der Waals surface area contributed by atoms with E-state index >= 15 is 0 Å². The van der Waals surface area contributed by atoms with Crippen molar-refractivity contribution in [2.24, 2.45) is 0 Å². The molecule has 1 fully saturated rings. The summed E-state index contributed by atoms with van der Waals surface area (Å²) in [6, 6.07) is 9.75. The summed E-state index contributed by atoms with van der Waals surface area (Å²) < 4.78 is 5.26. The highest BCUT2D eigenvalue weighted by Gasteiger charge is 2.21. The number of ether oxygens (including phenoxy) is 1. The largest absolute Gasteiger partial charge is 0.378 e. The first-order valence-electron chi connectivity index (χ1n) is 6.07. The molecule has 0 aliphatic carbocycles. The Balaban J connectivity index is 2.00. The van der Waals surface area contributed by atoms with Crippen LogP contribution in [0.25, 0.3) is 10.8 Å². The maximum atomic E-state index is 12.4. The summed E-state index contributed by atoms with van der Waals surface area (Å²) in [4.78, 5) is 18.5. The molecule has 3 rings (SSSR count). The summed E-state index contributed by atoms with van der Waals surface area (Å²) >= 11 is 0. The van der Waals surface area contributed by atoms with E-state index in [1.165, 1.54) is 0 Å². The van der Waals surface area contributed by atoms with Crippen molar-refractivity contribution in [1.29, 1.82) is 0 Å². The molecule has 0 bridgehead atoms. The van der Waals surface area contributed by atoms with Gasteiger partial charge in [-0.25, -0.2) is 0 Å². The molecule has 2 aromatic rings. The Kier molecular flexibility index (Phi) is 2.94. The van der Waals surface area contributed by atoms with Crippen LogP contribution >= 0.6 is 0 Å². The molecule has 18 heavy (non-hydrogen) atoms. The Bertz CT molecular complexity index is 572. The van der Waals surface area contributed by atoms with E-state index in [0.29, 0.717) is 32.0 Å². The Morgan fingerprint density at radius 1 is 1.17 bits per heavy atom. The number of morpholine rings is 1. The molecular weight excluding hydrogens is 228 g/mol. The molecule has 2 heterocycles. The van der Waals surface area contributed by atoms with Crippen molar-refractivity contribution in [2.75, 3.05) is 26.3 Å². The molecule has 0 N–H and O–H groups in total. The maximum absolute atomic E-state index is 12.4. The van der Waals surface area contributed by atoms with Crippen LogP contribution in [0.2, 0.25) is 0 Å².